The van der Waals surface area contributed by atoms with Crippen molar-refractivity contribution in [2.24, 2.45) is 0 Å². The molecule has 3 aromatic rings. The van der Waals surface area contributed by atoms with E-state index in [9.17, 15) is 9.90 Å². The van der Waals surface area contributed by atoms with Gasteiger partial charge in [0, 0.05) is 18.9 Å². The molecular weight excluding hydrogens is 288 g/mol. The molecule has 2 N–H and O–H groups in total. The fraction of sp³-hybridized carbons (Fsp3) is 0.214. The SMILES string of the molecule is O=c1ccnc2sc(N[C@H](CCO)c3ccccc3)nn12. The lowest BCUT2D eigenvalue weighted by molar-refractivity contribution is 0.280. The lowest BCUT2D eigenvalue weighted by Gasteiger charge is -2.17. The van der Waals surface area contributed by atoms with Gasteiger partial charge in [-0.1, -0.05) is 41.7 Å². The third-order valence-corrected chi connectivity index (χ3v) is 3.94. The number of nitrogens with one attached hydrogen (secondary N) is 1. The van der Waals surface area contributed by atoms with Crippen molar-refractivity contribution >= 4 is 21.4 Å². The van der Waals surface area contributed by atoms with Gasteiger partial charge in [-0.15, -0.1) is 5.10 Å². The number of rotatable bonds is 5. The molecule has 21 heavy (non-hydrogen) atoms. The van der Waals surface area contributed by atoms with E-state index in [0.29, 0.717) is 16.5 Å². The fourth-order valence-corrected chi connectivity index (χ4v) is 2.92. The van der Waals surface area contributed by atoms with E-state index in [1.54, 1.807) is 0 Å². The van der Waals surface area contributed by atoms with Crippen LogP contribution < -0.4 is 10.9 Å². The number of nitrogens with zero attached hydrogens (tertiary/aromatic N) is 3. The number of fused-ring (bicyclic) bond motifs is 1. The van der Waals surface area contributed by atoms with Gasteiger partial charge in [0.1, 0.15) is 0 Å². The van der Waals surface area contributed by atoms with E-state index in [0.717, 1.165) is 5.56 Å². The van der Waals surface area contributed by atoms with Crippen LogP contribution in [0.2, 0.25) is 0 Å². The van der Waals surface area contributed by atoms with Crippen LogP contribution >= 0.6 is 11.3 Å². The second kappa shape index (κ2) is 6.02. The average Bonchev–Trinajstić information content (AvgIpc) is 2.92. The van der Waals surface area contributed by atoms with E-state index in [4.69, 9.17) is 0 Å². The third-order valence-electron chi connectivity index (χ3n) is 3.09. The van der Waals surface area contributed by atoms with Crippen LogP contribution in [0.4, 0.5) is 5.13 Å². The molecule has 0 saturated carbocycles. The van der Waals surface area contributed by atoms with E-state index < -0.39 is 0 Å². The zero-order valence-electron chi connectivity index (χ0n) is 11.1. The van der Waals surface area contributed by atoms with Gasteiger partial charge in [0.15, 0.2) is 0 Å². The van der Waals surface area contributed by atoms with Gasteiger partial charge in [-0.25, -0.2) is 4.98 Å². The van der Waals surface area contributed by atoms with Crippen molar-refractivity contribution < 1.29 is 5.11 Å². The Hall–Kier alpha value is -2.25. The molecule has 0 bridgehead atoms. The van der Waals surface area contributed by atoms with Gasteiger partial charge in [0.05, 0.1) is 6.04 Å². The fourth-order valence-electron chi connectivity index (χ4n) is 2.09. The number of anilines is 1. The summed E-state index contributed by atoms with van der Waals surface area (Å²) in [6.45, 7) is 0.0651. The molecule has 0 spiro atoms. The molecule has 0 aliphatic rings. The number of aromatic nitrogens is 3. The Balaban J connectivity index is 1.91. The standard InChI is InChI=1S/C14H14N4O2S/c19-9-7-11(10-4-2-1-3-5-10)16-13-17-18-12(20)6-8-15-14(18)21-13/h1-6,8,11,19H,7,9H2,(H,16,17)/t11-/m1/s1. The van der Waals surface area contributed by atoms with E-state index in [-0.39, 0.29) is 18.2 Å². The minimum absolute atomic E-state index is 0.0625. The molecule has 7 heteroatoms. The Labute approximate surface area is 124 Å². The van der Waals surface area contributed by atoms with Gasteiger partial charge < -0.3 is 10.4 Å². The van der Waals surface area contributed by atoms with Crippen LogP contribution in [0.15, 0.2) is 47.4 Å². The van der Waals surface area contributed by atoms with Crippen LogP contribution in [0.3, 0.4) is 0 Å². The average molecular weight is 302 g/mol. The van der Waals surface area contributed by atoms with E-state index >= 15 is 0 Å². The van der Waals surface area contributed by atoms with Crippen LogP contribution in [0.5, 0.6) is 0 Å². The lowest BCUT2D eigenvalue weighted by Crippen LogP contribution is -2.15. The topological polar surface area (TPSA) is 79.5 Å². The molecule has 0 saturated heterocycles. The summed E-state index contributed by atoms with van der Waals surface area (Å²) in [5.74, 6) is 0. The van der Waals surface area contributed by atoms with Crippen molar-refractivity contribution in [3.63, 3.8) is 0 Å². The van der Waals surface area contributed by atoms with Gasteiger partial charge >= 0.3 is 0 Å². The highest BCUT2D eigenvalue weighted by atomic mass is 32.1. The van der Waals surface area contributed by atoms with Gasteiger partial charge in [-0.05, 0) is 12.0 Å². The highest BCUT2D eigenvalue weighted by Gasteiger charge is 2.14. The van der Waals surface area contributed by atoms with E-state index in [2.05, 4.69) is 15.4 Å². The maximum Gasteiger partial charge on any atom is 0.275 e. The van der Waals surface area contributed by atoms with Gasteiger partial charge in [0.25, 0.3) is 5.56 Å². The van der Waals surface area contributed by atoms with Crippen LogP contribution in [-0.4, -0.2) is 26.3 Å². The first kappa shape index (κ1) is 13.7. The monoisotopic (exact) mass is 302 g/mol. The molecule has 1 atom stereocenters. The Bertz CT molecular complexity index is 784. The number of hydrogen-bond acceptors (Lipinski definition) is 6. The van der Waals surface area contributed by atoms with Crippen molar-refractivity contribution in [3.05, 3.63) is 58.5 Å². The largest absolute Gasteiger partial charge is 0.396 e. The second-order valence-corrected chi connectivity index (χ2v) is 5.46. The van der Waals surface area contributed by atoms with Crippen molar-refractivity contribution in [1.29, 1.82) is 0 Å². The lowest BCUT2D eigenvalue weighted by atomic mass is 10.0. The summed E-state index contributed by atoms with van der Waals surface area (Å²) in [5, 5.41) is 17.3. The quantitative estimate of drug-likeness (QED) is 0.749. The number of aliphatic hydroxyl groups is 1. The van der Waals surface area contributed by atoms with Crippen molar-refractivity contribution in [1.82, 2.24) is 14.6 Å². The Morgan fingerprint density at radius 1 is 1.29 bits per heavy atom. The van der Waals surface area contributed by atoms with Crippen LogP contribution in [-0.2, 0) is 0 Å². The third kappa shape index (κ3) is 2.93. The van der Waals surface area contributed by atoms with Gasteiger partial charge in [-0.3, -0.25) is 4.79 Å². The summed E-state index contributed by atoms with van der Waals surface area (Å²) in [4.78, 5) is 16.3. The Kier molecular flexibility index (Phi) is 3.94. The molecule has 2 aromatic heterocycles. The highest BCUT2D eigenvalue weighted by molar-refractivity contribution is 7.20. The predicted octanol–water partition coefficient (Wildman–Crippen LogP) is 1.69. The van der Waals surface area contributed by atoms with Gasteiger partial charge in [-0.2, -0.15) is 4.52 Å². The molecule has 0 fully saturated rings. The van der Waals surface area contributed by atoms with Crippen LogP contribution in [0.1, 0.15) is 18.0 Å². The smallest absolute Gasteiger partial charge is 0.275 e. The first-order valence-electron chi connectivity index (χ1n) is 6.55. The minimum atomic E-state index is -0.206. The van der Waals surface area contributed by atoms with Crippen molar-refractivity contribution in [2.75, 3.05) is 11.9 Å². The molecule has 0 aliphatic heterocycles. The summed E-state index contributed by atoms with van der Waals surface area (Å²) in [5.41, 5.74) is 0.855. The Morgan fingerprint density at radius 3 is 2.81 bits per heavy atom. The zero-order chi connectivity index (χ0) is 14.7. The molecule has 0 aliphatic carbocycles. The second-order valence-electron chi connectivity index (χ2n) is 4.50. The van der Waals surface area contributed by atoms with Gasteiger partial charge in [0.2, 0.25) is 10.1 Å². The molecule has 0 amide bonds. The zero-order valence-corrected chi connectivity index (χ0v) is 12.0. The minimum Gasteiger partial charge on any atom is -0.396 e. The van der Waals surface area contributed by atoms with Crippen LogP contribution in [0.25, 0.3) is 4.96 Å². The van der Waals surface area contributed by atoms with E-state index in [1.807, 2.05) is 30.3 Å². The predicted molar refractivity (Wildman–Crippen MR) is 81.6 cm³/mol. The molecule has 2 heterocycles. The van der Waals surface area contributed by atoms with Crippen molar-refractivity contribution in [3.8, 4) is 0 Å². The summed E-state index contributed by atoms with van der Waals surface area (Å²) in [7, 11) is 0. The number of aliphatic hydroxyl groups excluding tert-OH is 1. The Morgan fingerprint density at radius 2 is 2.10 bits per heavy atom. The molecule has 1 aromatic carbocycles. The summed E-state index contributed by atoms with van der Waals surface area (Å²) in [6, 6.07) is 11.1. The first-order chi connectivity index (χ1) is 10.3. The molecule has 0 radical (unpaired) electrons. The summed E-state index contributed by atoms with van der Waals surface area (Å²) >= 11 is 1.31. The number of benzene rings is 1. The molecular formula is C14H14N4O2S. The summed E-state index contributed by atoms with van der Waals surface area (Å²) in [6.07, 6.45) is 2.03. The van der Waals surface area contributed by atoms with E-state index in [1.165, 1.54) is 28.1 Å². The first-order valence-corrected chi connectivity index (χ1v) is 7.37. The molecule has 3 rings (SSSR count). The normalized spacial score (nSPS) is 12.4. The molecule has 6 nitrogen and oxygen atoms in total. The van der Waals surface area contributed by atoms with Crippen LogP contribution in [0, 0.1) is 0 Å². The summed E-state index contributed by atoms with van der Waals surface area (Å²) < 4.78 is 1.27. The van der Waals surface area contributed by atoms with Crippen molar-refractivity contribution in [2.45, 2.75) is 12.5 Å². The molecule has 108 valence electrons. The highest BCUT2D eigenvalue weighted by Crippen LogP contribution is 2.25. The number of hydrogen-bond donors (Lipinski definition) is 2. The molecule has 0 unspecified atom stereocenters. The maximum absolute atomic E-state index is 11.7. The maximum atomic E-state index is 11.7.